The van der Waals surface area contributed by atoms with Crippen LogP contribution in [-0.2, 0) is 10.0 Å². The van der Waals surface area contributed by atoms with Crippen LogP contribution in [0, 0.1) is 11.3 Å². The second kappa shape index (κ2) is 6.87. The molecule has 20 heavy (non-hydrogen) atoms. The number of rotatable bonds is 3. The molecule has 8 heteroatoms. The van der Waals surface area contributed by atoms with Crippen LogP contribution in [0.25, 0.3) is 0 Å². The van der Waals surface area contributed by atoms with Crippen molar-refractivity contribution in [1.29, 1.82) is 5.26 Å². The van der Waals surface area contributed by atoms with Crippen molar-refractivity contribution in [2.75, 3.05) is 20.1 Å². The summed E-state index contributed by atoms with van der Waals surface area (Å²) in [4.78, 5) is 0.146. The lowest BCUT2D eigenvalue weighted by molar-refractivity contribution is 0.387. The van der Waals surface area contributed by atoms with Crippen molar-refractivity contribution >= 4 is 38.4 Å². The van der Waals surface area contributed by atoms with Crippen LogP contribution in [0.1, 0.15) is 12.0 Å². The summed E-state index contributed by atoms with van der Waals surface area (Å²) < 4.78 is 27.0. The average molecular weight is 381 g/mol. The Labute approximate surface area is 133 Å². The number of hydrogen-bond donors (Lipinski definition) is 1. The van der Waals surface area contributed by atoms with E-state index in [0.717, 1.165) is 13.0 Å². The van der Waals surface area contributed by atoms with Gasteiger partial charge < -0.3 is 5.32 Å². The lowest BCUT2D eigenvalue weighted by atomic mass is 10.2. The molecule has 1 aliphatic heterocycles. The zero-order valence-corrected chi connectivity index (χ0v) is 14.1. The Balaban J connectivity index is 0.00000200. The Morgan fingerprint density at radius 2 is 2.15 bits per heavy atom. The van der Waals surface area contributed by atoms with E-state index in [1.165, 1.54) is 16.4 Å². The summed E-state index contributed by atoms with van der Waals surface area (Å²) in [6.45, 7) is 1.49. The topological polar surface area (TPSA) is 73.2 Å². The summed E-state index contributed by atoms with van der Waals surface area (Å²) >= 11 is 3.23. The van der Waals surface area contributed by atoms with Gasteiger partial charge in [0.05, 0.1) is 16.5 Å². The van der Waals surface area contributed by atoms with Gasteiger partial charge in [-0.25, -0.2) is 8.42 Å². The molecular weight excluding hydrogens is 366 g/mol. The van der Waals surface area contributed by atoms with Gasteiger partial charge in [0, 0.05) is 24.1 Å². The molecule has 0 radical (unpaired) electrons. The third kappa shape index (κ3) is 3.51. The number of sulfonamides is 1. The molecule has 1 aromatic carbocycles. The van der Waals surface area contributed by atoms with E-state index in [4.69, 9.17) is 5.26 Å². The van der Waals surface area contributed by atoms with Crippen molar-refractivity contribution in [1.82, 2.24) is 9.62 Å². The predicted molar refractivity (Wildman–Crippen MR) is 82.3 cm³/mol. The van der Waals surface area contributed by atoms with Crippen LogP contribution in [0.2, 0.25) is 0 Å². The van der Waals surface area contributed by atoms with E-state index in [0.29, 0.717) is 16.6 Å². The zero-order valence-electron chi connectivity index (χ0n) is 10.8. The minimum Gasteiger partial charge on any atom is -0.315 e. The number of nitriles is 1. The first-order chi connectivity index (χ1) is 8.95. The Bertz CT molecular complexity index is 624. The van der Waals surface area contributed by atoms with E-state index in [-0.39, 0.29) is 23.3 Å². The van der Waals surface area contributed by atoms with E-state index in [9.17, 15) is 8.42 Å². The molecule has 1 aromatic rings. The summed E-state index contributed by atoms with van der Waals surface area (Å²) in [5.74, 6) is 0. The predicted octanol–water partition coefficient (Wildman–Crippen LogP) is 1.72. The lowest BCUT2D eigenvalue weighted by Gasteiger charge is -2.23. The molecule has 0 aliphatic carbocycles. The van der Waals surface area contributed by atoms with Crippen molar-refractivity contribution in [3.63, 3.8) is 0 Å². The highest BCUT2D eigenvalue weighted by Gasteiger charge is 2.30. The molecule has 2 rings (SSSR count). The lowest BCUT2D eigenvalue weighted by Crippen LogP contribution is -2.38. The zero-order chi connectivity index (χ0) is 14.0. The number of nitrogens with one attached hydrogen (secondary N) is 1. The fourth-order valence-electron chi connectivity index (χ4n) is 2.09. The van der Waals surface area contributed by atoms with Crippen LogP contribution in [0.3, 0.4) is 0 Å². The van der Waals surface area contributed by atoms with Gasteiger partial charge in [-0.15, -0.1) is 12.4 Å². The van der Waals surface area contributed by atoms with Gasteiger partial charge in [-0.2, -0.15) is 9.57 Å². The molecule has 1 saturated heterocycles. The summed E-state index contributed by atoms with van der Waals surface area (Å²) in [5, 5.41) is 12.1. The molecule has 1 atom stereocenters. The van der Waals surface area contributed by atoms with Gasteiger partial charge in [-0.1, -0.05) is 15.9 Å². The monoisotopic (exact) mass is 379 g/mol. The van der Waals surface area contributed by atoms with Gasteiger partial charge in [0.2, 0.25) is 10.0 Å². The molecule has 0 amide bonds. The second-order valence-corrected chi connectivity index (χ2v) is 7.37. The molecule has 0 bridgehead atoms. The van der Waals surface area contributed by atoms with E-state index in [1.54, 1.807) is 13.1 Å². The standard InChI is InChI=1S/C12H14BrN3O2S.ClH/c1-16(11-2-3-15-8-11)19(17,18)12-5-9(7-14)4-10(13)6-12;/h4-6,11,15H,2-3,8H2,1H3;1H. The minimum absolute atomic E-state index is 0. The highest BCUT2D eigenvalue weighted by Crippen LogP contribution is 2.24. The fraction of sp³-hybridized carbons (Fsp3) is 0.417. The first-order valence-electron chi connectivity index (χ1n) is 5.84. The summed E-state index contributed by atoms with van der Waals surface area (Å²) in [6.07, 6.45) is 0.800. The molecular formula is C12H15BrClN3O2S. The molecule has 5 nitrogen and oxygen atoms in total. The molecule has 1 aliphatic rings. The molecule has 1 heterocycles. The summed E-state index contributed by atoms with van der Waals surface area (Å²) in [7, 11) is -1.98. The third-order valence-corrected chi connectivity index (χ3v) is 5.57. The first-order valence-corrected chi connectivity index (χ1v) is 8.08. The largest absolute Gasteiger partial charge is 0.315 e. The van der Waals surface area contributed by atoms with Gasteiger partial charge in [-0.05, 0) is 31.2 Å². The second-order valence-electron chi connectivity index (χ2n) is 4.46. The third-order valence-electron chi connectivity index (χ3n) is 3.23. The van der Waals surface area contributed by atoms with Crippen LogP contribution in [0.4, 0.5) is 0 Å². The SMILES string of the molecule is CN(C1CCNC1)S(=O)(=O)c1cc(Br)cc(C#N)c1.Cl. The van der Waals surface area contributed by atoms with Gasteiger partial charge in [0.15, 0.2) is 0 Å². The van der Waals surface area contributed by atoms with E-state index in [1.807, 2.05) is 6.07 Å². The molecule has 0 saturated carbocycles. The fourth-order valence-corrected chi connectivity index (χ4v) is 4.19. The molecule has 1 unspecified atom stereocenters. The Hall–Kier alpha value is -0.650. The average Bonchev–Trinajstić information content (AvgIpc) is 2.90. The van der Waals surface area contributed by atoms with Crippen LogP contribution in [-0.4, -0.2) is 38.9 Å². The van der Waals surface area contributed by atoms with Crippen LogP contribution in [0.5, 0.6) is 0 Å². The van der Waals surface area contributed by atoms with Crippen molar-refractivity contribution in [3.05, 3.63) is 28.2 Å². The molecule has 0 aromatic heterocycles. The van der Waals surface area contributed by atoms with E-state index in [2.05, 4.69) is 21.2 Å². The van der Waals surface area contributed by atoms with E-state index < -0.39 is 10.0 Å². The first kappa shape index (κ1) is 17.4. The highest BCUT2D eigenvalue weighted by atomic mass is 79.9. The number of hydrogen-bond acceptors (Lipinski definition) is 4. The number of benzene rings is 1. The number of halogens is 2. The molecule has 0 spiro atoms. The maximum atomic E-state index is 12.5. The van der Waals surface area contributed by atoms with Crippen molar-refractivity contribution < 1.29 is 8.42 Å². The Kier molecular flexibility index (Phi) is 5.98. The molecule has 1 N–H and O–H groups in total. The van der Waals surface area contributed by atoms with Crippen LogP contribution >= 0.6 is 28.3 Å². The maximum Gasteiger partial charge on any atom is 0.243 e. The van der Waals surface area contributed by atoms with Crippen LogP contribution in [0.15, 0.2) is 27.6 Å². The van der Waals surface area contributed by atoms with Gasteiger partial charge in [-0.3, -0.25) is 0 Å². The normalized spacial score (nSPS) is 18.6. The quantitative estimate of drug-likeness (QED) is 0.866. The molecule has 110 valence electrons. The smallest absolute Gasteiger partial charge is 0.243 e. The minimum atomic E-state index is -3.57. The Morgan fingerprint density at radius 3 is 2.70 bits per heavy atom. The van der Waals surface area contributed by atoms with Gasteiger partial charge in [0.25, 0.3) is 0 Å². The number of likely N-dealkylation sites (N-methyl/N-ethyl adjacent to an activating group) is 1. The van der Waals surface area contributed by atoms with Crippen molar-refractivity contribution in [2.24, 2.45) is 0 Å². The van der Waals surface area contributed by atoms with Gasteiger partial charge in [0.1, 0.15) is 0 Å². The maximum absolute atomic E-state index is 12.5. The van der Waals surface area contributed by atoms with Crippen molar-refractivity contribution in [2.45, 2.75) is 17.4 Å². The van der Waals surface area contributed by atoms with E-state index >= 15 is 0 Å². The van der Waals surface area contributed by atoms with Gasteiger partial charge >= 0.3 is 0 Å². The summed E-state index contributed by atoms with van der Waals surface area (Å²) in [5.41, 5.74) is 0.325. The van der Waals surface area contributed by atoms with Crippen LogP contribution < -0.4 is 5.32 Å². The summed E-state index contributed by atoms with van der Waals surface area (Å²) in [6, 6.07) is 6.45. The number of nitrogens with zero attached hydrogens (tertiary/aromatic N) is 2. The molecule has 1 fully saturated rings. The highest BCUT2D eigenvalue weighted by molar-refractivity contribution is 9.10. The Morgan fingerprint density at radius 1 is 1.45 bits per heavy atom. The van der Waals surface area contributed by atoms with Crippen molar-refractivity contribution in [3.8, 4) is 6.07 Å².